The number of aryl methyl sites for hydroxylation is 2. The fourth-order valence-electron chi connectivity index (χ4n) is 4.96. The summed E-state index contributed by atoms with van der Waals surface area (Å²) in [5.41, 5.74) is -3.17. The number of amides is 2. The van der Waals surface area contributed by atoms with E-state index < -0.39 is 69.5 Å². The molecule has 1 saturated heterocycles. The third kappa shape index (κ3) is 4.22. The average Bonchev–Trinajstić information content (AvgIpc) is 3.75. The molecule has 1 aromatic heterocycles. The minimum atomic E-state index is -4.82. The first-order chi connectivity index (χ1) is 17.7. The second-order valence-corrected chi connectivity index (χ2v) is 12.5. The van der Waals surface area contributed by atoms with Gasteiger partial charge in [0.2, 0.25) is 11.8 Å². The molecule has 0 spiro atoms. The Labute approximate surface area is 216 Å². The summed E-state index contributed by atoms with van der Waals surface area (Å²) in [5.74, 6) is -0.977. The van der Waals surface area contributed by atoms with Crippen LogP contribution >= 0.6 is 0 Å². The molecule has 2 aromatic rings. The van der Waals surface area contributed by atoms with Gasteiger partial charge in [-0.05, 0) is 70.2 Å². The number of likely N-dealkylation sites (tertiary alicyclic amines) is 1. The Balaban J connectivity index is 1.43. The van der Waals surface area contributed by atoms with Crippen molar-refractivity contribution in [3.63, 3.8) is 0 Å². The highest BCUT2D eigenvalue weighted by atomic mass is 32.2. The molecular weight excluding hydrogens is 525 g/mol. The Morgan fingerprint density at radius 2 is 1.76 bits per heavy atom. The van der Waals surface area contributed by atoms with Crippen LogP contribution in [0.3, 0.4) is 0 Å². The van der Waals surface area contributed by atoms with Crippen LogP contribution in [0.5, 0.6) is 0 Å². The number of benzene rings is 1. The smallest absolute Gasteiger partial charge is 0.336 e. The SMILES string of the molecule is Cc1nc(C)n(-c2ccc(S(=O)(=O)[C@@H]3C[C@@H](C(=O)NC4(C#N)CC4)N(C(=O)C4(C(F)(F)F)CC4)C3)cc2)n1. The molecule has 3 fully saturated rings. The predicted octanol–water partition coefficient (Wildman–Crippen LogP) is 2.14. The molecule has 3 aliphatic rings. The fourth-order valence-corrected chi connectivity index (χ4v) is 6.65. The summed E-state index contributed by atoms with van der Waals surface area (Å²) in [4.78, 5) is 31.1. The first-order valence-electron chi connectivity index (χ1n) is 12.1. The summed E-state index contributed by atoms with van der Waals surface area (Å²) in [7, 11) is -4.14. The maximum atomic E-state index is 13.7. The summed E-state index contributed by atoms with van der Waals surface area (Å²) in [6.07, 6.45) is -5.27. The lowest BCUT2D eigenvalue weighted by molar-refractivity contribution is -0.199. The Morgan fingerprint density at radius 3 is 2.24 bits per heavy atom. The monoisotopic (exact) mass is 550 g/mol. The van der Waals surface area contributed by atoms with Crippen LogP contribution in [0.4, 0.5) is 13.2 Å². The van der Waals surface area contributed by atoms with E-state index in [4.69, 9.17) is 0 Å². The summed E-state index contributed by atoms with van der Waals surface area (Å²) in [6.45, 7) is 2.90. The van der Waals surface area contributed by atoms with Crippen LogP contribution in [0.2, 0.25) is 0 Å². The number of hydrogen-bond donors (Lipinski definition) is 1. The van der Waals surface area contributed by atoms with Gasteiger partial charge in [-0.2, -0.15) is 23.5 Å². The highest BCUT2D eigenvalue weighted by Gasteiger charge is 2.70. The van der Waals surface area contributed by atoms with Crippen LogP contribution in [0.25, 0.3) is 5.69 Å². The van der Waals surface area contributed by atoms with Crippen LogP contribution in [0.1, 0.15) is 43.8 Å². The number of halogens is 3. The molecule has 14 heteroatoms. The molecule has 10 nitrogen and oxygen atoms in total. The van der Waals surface area contributed by atoms with Gasteiger partial charge in [-0.15, -0.1) is 0 Å². The first kappa shape index (κ1) is 26.1. The van der Waals surface area contributed by atoms with Gasteiger partial charge < -0.3 is 10.2 Å². The van der Waals surface area contributed by atoms with Crippen molar-refractivity contribution >= 4 is 21.7 Å². The molecule has 5 rings (SSSR count). The van der Waals surface area contributed by atoms with E-state index >= 15 is 0 Å². The standard InChI is InChI=1S/C24H25F3N6O4S/c1-14-29-15(2)33(31-14)16-3-5-17(6-4-16)38(36,37)18-11-19(20(34)30-22(13-28)7-8-22)32(12-18)21(35)23(9-10-23)24(25,26)27/h3-6,18-19H,7-12H2,1-2H3,(H,30,34)/t18-,19+/m1/s1. The molecular formula is C24H25F3N6O4S. The molecule has 2 amide bonds. The molecule has 2 aliphatic carbocycles. The normalized spacial score (nSPS) is 23.5. The predicted molar refractivity (Wildman–Crippen MR) is 125 cm³/mol. The maximum Gasteiger partial charge on any atom is 0.403 e. The highest BCUT2D eigenvalue weighted by molar-refractivity contribution is 7.92. The quantitative estimate of drug-likeness (QED) is 0.582. The number of nitrogens with one attached hydrogen (secondary N) is 1. The molecule has 2 atom stereocenters. The van der Waals surface area contributed by atoms with Crippen molar-refractivity contribution in [3.8, 4) is 11.8 Å². The van der Waals surface area contributed by atoms with Crippen molar-refractivity contribution in [3.05, 3.63) is 35.9 Å². The second kappa shape index (κ2) is 8.52. The lowest BCUT2D eigenvalue weighted by Gasteiger charge is -2.29. The molecule has 38 heavy (non-hydrogen) atoms. The van der Waals surface area contributed by atoms with E-state index in [9.17, 15) is 36.4 Å². The topological polar surface area (TPSA) is 138 Å². The fraction of sp³-hybridized carbons (Fsp3) is 0.542. The zero-order chi connectivity index (χ0) is 27.7. The van der Waals surface area contributed by atoms with Gasteiger partial charge in [-0.25, -0.2) is 18.1 Å². The number of aromatic nitrogens is 3. The Hall–Kier alpha value is -3.47. The van der Waals surface area contributed by atoms with E-state index in [2.05, 4.69) is 15.4 Å². The Kier molecular flexibility index (Phi) is 5.86. The molecule has 0 radical (unpaired) electrons. The largest absolute Gasteiger partial charge is 0.403 e. The van der Waals surface area contributed by atoms with Gasteiger partial charge in [0.15, 0.2) is 9.84 Å². The van der Waals surface area contributed by atoms with Gasteiger partial charge in [0.1, 0.15) is 28.6 Å². The van der Waals surface area contributed by atoms with E-state index in [1.807, 2.05) is 6.07 Å². The zero-order valence-corrected chi connectivity index (χ0v) is 21.4. The minimum Gasteiger partial charge on any atom is -0.336 e. The lowest BCUT2D eigenvalue weighted by atomic mass is 10.0. The highest BCUT2D eigenvalue weighted by Crippen LogP contribution is 2.59. The average molecular weight is 551 g/mol. The molecule has 2 saturated carbocycles. The van der Waals surface area contributed by atoms with Crippen molar-refractivity contribution in [2.75, 3.05) is 6.54 Å². The van der Waals surface area contributed by atoms with Crippen LogP contribution in [-0.2, 0) is 19.4 Å². The summed E-state index contributed by atoms with van der Waals surface area (Å²) < 4.78 is 69.8. The molecule has 1 N–H and O–H groups in total. The van der Waals surface area contributed by atoms with E-state index in [1.54, 1.807) is 13.8 Å². The summed E-state index contributed by atoms with van der Waals surface area (Å²) in [5, 5.41) is 14.8. The molecule has 1 aromatic carbocycles. The zero-order valence-electron chi connectivity index (χ0n) is 20.6. The van der Waals surface area contributed by atoms with E-state index in [0.717, 1.165) is 4.90 Å². The van der Waals surface area contributed by atoms with Crippen molar-refractivity contribution in [1.82, 2.24) is 25.0 Å². The first-order valence-corrected chi connectivity index (χ1v) is 13.6. The summed E-state index contributed by atoms with van der Waals surface area (Å²) >= 11 is 0. The number of sulfone groups is 1. The number of alkyl halides is 3. The van der Waals surface area contributed by atoms with Crippen LogP contribution < -0.4 is 5.32 Å². The number of carbonyl (C=O) groups excluding carboxylic acids is 2. The van der Waals surface area contributed by atoms with Crippen molar-refractivity contribution in [2.24, 2.45) is 5.41 Å². The van der Waals surface area contributed by atoms with Gasteiger partial charge in [0, 0.05) is 6.54 Å². The van der Waals surface area contributed by atoms with Crippen molar-refractivity contribution in [2.45, 2.75) is 73.9 Å². The lowest BCUT2D eigenvalue weighted by Crippen LogP contribution is -2.53. The number of rotatable bonds is 6. The molecule has 2 heterocycles. The maximum absolute atomic E-state index is 13.7. The Morgan fingerprint density at radius 1 is 1.13 bits per heavy atom. The molecule has 0 bridgehead atoms. The van der Waals surface area contributed by atoms with Gasteiger partial charge in [-0.1, -0.05) is 0 Å². The van der Waals surface area contributed by atoms with Crippen molar-refractivity contribution in [1.29, 1.82) is 5.26 Å². The molecule has 202 valence electrons. The Bertz CT molecular complexity index is 1450. The van der Waals surface area contributed by atoms with Gasteiger partial charge in [0.25, 0.3) is 0 Å². The third-order valence-electron chi connectivity index (χ3n) is 7.58. The number of nitriles is 1. The van der Waals surface area contributed by atoms with E-state index in [-0.39, 0.29) is 11.3 Å². The van der Waals surface area contributed by atoms with Gasteiger partial charge >= 0.3 is 6.18 Å². The third-order valence-corrected chi connectivity index (χ3v) is 9.73. The minimum absolute atomic E-state index is 0.0955. The molecule has 1 aliphatic heterocycles. The van der Waals surface area contributed by atoms with E-state index in [1.165, 1.54) is 28.9 Å². The molecule has 0 unspecified atom stereocenters. The van der Waals surface area contributed by atoms with Gasteiger partial charge in [0.05, 0.1) is 21.9 Å². The van der Waals surface area contributed by atoms with Gasteiger partial charge in [-0.3, -0.25) is 9.59 Å². The second-order valence-electron chi connectivity index (χ2n) is 10.3. The van der Waals surface area contributed by atoms with Crippen molar-refractivity contribution < 1.29 is 31.2 Å². The van der Waals surface area contributed by atoms with Crippen LogP contribution in [0.15, 0.2) is 29.2 Å². The van der Waals surface area contributed by atoms with Crippen LogP contribution in [0, 0.1) is 30.6 Å². The van der Waals surface area contributed by atoms with E-state index in [0.29, 0.717) is 30.2 Å². The number of carbonyl (C=O) groups is 2. The summed E-state index contributed by atoms with van der Waals surface area (Å²) in [6, 6.07) is 6.30. The van der Waals surface area contributed by atoms with Crippen LogP contribution in [-0.4, -0.2) is 69.4 Å². The number of nitrogens with zero attached hydrogens (tertiary/aromatic N) is 5. The number of hydrogen-bond acceptors (Lipinski definition) is 7.